The van der Waals surface area contributed by atoms with E-state index in [0.29, 0.717) is 5.56 Å². The maximum absolute atomic E-state index is 13.8. The topological polar surface area (TPSA) is 80.8 Å². The highest BCUT2D eigenvalue weighted by Gasteiger charge is 2.74. The quantitative estimate of drug-likeness (QED) is 0.383. The van der Waals surface area contributed by atoms with E-state index >= 15 is 0 Å². The summed E-state index contributed by atoms with van der Waals surface area (Å²) in [7, 11) is 0. The van der Waals surface area contributed by atoms with Gasteiger partial charge in [0, 0.05) is 11.1 Å². The molecule has 2 saturated heterocycles. The van der Waals surface area contributed by atoms with Crippen LogP contribution in [0.2, 0.25) is 10.0 Å². The Balaban J connectivity index is 1.55. The Kier molecular flexibility index (Phi) is 4.58. The lowest BCUT2D eigenvalue weighted by atomic mass is 9.77. The van der Waals surface area contributed by atoms with Gasteiger partial charge in [0.25, 0.3) is 0 Å². The molecule has 2 aliphatic heterocycles. The molecule has 0 bridgehead atoms. The Morgan fingerprint density at radius 2 is 1.35 bits per heavy atom. The average Bonchev–Trinajstić information content (AvgIpc) is 3.42. The van der Waals surface area contributed by atoms with Crippen LogP contribution in [0, 0.1) is 11.8 Å². The molecular weight excluding hydrogens is 477 g/mol. The van der Waals surface area contributed by atoms with Gasteiger partial charge in [0.1, 0.15) is 0 Å². The lowest BCUT2D eigenvalue weighted by molar-refractivity contribution is -0.127. The van der Waals surface area contributed by atoms with Crippen LogP contribution in [0.25, 0.3) is 0 Å². The molecule has 2 fully saturated rings. The fraction of sp³-hybridized carbons (Fsp3) is 0.154. The van der Waals surface area contributed by atoms with E-state index in [9.17, 15) is 19.2 Å². The van der Waals surface area contributed by atoms with E-state index in [1.807, 2.05) is 0 Å². The molecule has 6 rings (SSSR count). The largest absolute Gasteiger partial charge is 0.349 e. The summed E-state index contributed by atoms with van der Waals surface area (Å²) < 4.78 is 6.22. The summed E-state index contributed by atoms with van der Waals surface area (Å²) in [4.78, 5) is 55.9. The number of rotatable bonds is 2. The van der Waals surface area contributed by atoms with Gasteiger partial charge in [-0.2, -0.15) is 0 Å². The molecule has 3 aliphatic rings. The molecule has 6 nitrogen and oxygen atoms in total. The fourth-order valence-corrected chi connectivity index (χ4v) is 5.63. The summed E-state index contributed by atoms with van der Waals surface area (Å²) in [6.45, 7) is 0. The van der Waals surface area contributed by atoms with Crippen LogP contribution in [-0.4, -0.2) is 29.0 Å². The summed E-state index contributed by atoms with van der Waals surface area (Å²) in [5, 5.41) is 0.436. The Bertz CT molecular complexity index is 1380. The first-order valence-corrected chi connectivity index (χ1v) is 11.4. The number of benzene rings is 3. The van der Waals surface area contributed by atoms with E-state index in [4.69, 9.17) is 27.9 Å². The smallest absolute Gasteiger partial charge is 0.241 e. The van der Waals surface area contributed by atoms with Gasteiger partial charge in [-0.05, 0) is 23.8 Å². The van der Waals surface area contributed by atoms with Crippen molar-refractivity contribution < 1.29 is 23.9 Å². The molecular formula is C26H15Cl2NO5. The molecule has 34 heavy (non-hydrogen) atoms. The van der Waals surface area contributed by atoms with E-state index in [2.05, 4.69) is 0 Å². The minimum atomic E-state index is -2.10. The second-order valence-electron chi connectivity index (χ2n) is 8.50. The number of Topliss-reactive ketones (excluding diaryl/α,β-unsaturated/α-hetero) is 2. The molecule has 168 valence electrons. The highest BCUT2D eigenvalue weighted by molar-refractivity contribution is 6.42. The zero-order valence-electron chi connectivity index (χ0n) is 17.4. The number of carbonyl (C=O) groups is 4. The van der Waals surface area contributed by atoms with Gasteiger partial charge in [-0.25, -0.2) is 4.90 Å². The highest BCUT2D eigenvalue weighted by atomic mass is 35.5. The first kappa shape index (κ1) is 21.2. The second kappa shape index (κ2) is 7.34. The minimum Gasteiger partial charge on any atom is -0.349 e. The van der Waals surface area contributed by atoms with Gasteiger partial charge in [0.2, 0.25) is 29.0 Å². The number of anilines is 1. The number of halogens is 2. The molecule has 0 radical (unpaired) electrons. The van der Waals surface area contributed by atoms with Crippen molar-refractivity contribution in [2.75, 3.05) is 4.90 Å². The number of hydrogen-bond donors (Lipinski definition) is 0. The number of amides is 2. The predicted molar refractivity (Wildman–Crippen MR) is 124 cm³/mol. The molecule has 1 aliphatic carbocycles. The summed E-state index contributed by atoms with van der Waals surface area (Å²) in [5.41, 5.74) is -0.910. The Morgan fingerprint density at radius 3 is 1.97 bits per heavy atom. The zero-order chi connectivity index (χ0) is 23.8. The molecule has 3 atom stereocenters. The lowest BCUT2D eigenvalue weighted by Gasteiger charge is -2.27. The number of ether oxygens (including phenoxy) is 1. The van der Waals surface area contributed by atoms with Crippen molar-refractivity contribution in [3.05, 3.63) is 99.5 Å². The average molecular weight is 492 g/mol. The minimum absolute atomic E-state index is 0.169. The molecule has 1 spiro atoms. The van der Waals surface area contributed by atoms with E-state index in [-0.39, 0.29) is 26.9 Å². The van der Waals surface area contributed by atoms with Gasteiger partial charge >= 0.3 is 0 Å². The van der Waals surface area contributed by atoms with Crippen molar-refractivity contribution in [1.29, 1.82) is 0 Å². The Morgan fingerprint density at radius 1 is 0.735 bits per heavy atom. The van der Waals surface area contributed by atoms with Crippen molar-refractivity contribution in [2.45, 2.75) is 11.7 Å². The van der Waals surface area contributed by atoms with Crippen LogP contribution in [-0.2, 0) is 14.3 Å². The third kappa shape index (κ3) is 2.61. The lowest BCUT2D eigenvalue weighted by Crippen LogP contribution is -2.51. The molecule has 3 aromatic carbocycles. The second-order valence-corrected chi connectivity index (χ2v) is 9.32. The van der Waals surface area contributed by atoms with Gasteiger partial charge in [-0.15, -0.1) is 0 Å². The monoisotopic (exact) mass is 491 g/mol. The van der Waals surface area contributed by atoms with Crippen molar-refractivity contribution in [3.8, 4) is 0 Å². The van der Waals surface area contributed by atoms with Crippen molar-refractivity contribution in [1.82, 2.24) is 0 Å². The fourth-order valence-electron chi connectivity index (χ4n) is 5.34. The summed E-state index contributed by atoms with van der Waals surface area (Å²) in [6.07, 6.45) is -0.961. The Hall–Kier alpha value is -3.32. The van der Waals surface area contributed by atoms with Crippen molar-refractivity contribution in [3.63, 3.8) is 0 Å². The molecule has 0 N–H and O–H groups in total. The molecule has 2 heterocycles. The van der Waals surface area contributed by atoms with Gasteiger partial charge in [0.15, 0.2) is 0 Å². The zero-order valence-corrected chi connectivity index (χ0v) is 18.9. The third-order valence-corrected chi connectivity index (χ3v) is 7.55. The molecule has 8 heteroatoms. The number of nitrogens with zero attached hydrogens (tertiary/aromatic N) is 1. The molecule has 0 saturated carbocycles. The molecule has 0 aromatic heterocycles. The van der Waals surface area contributed by atoms with Gasteiger partial charge in [0.05, 0.1) is 33.7 Å². The van der Waals surface area contributed by atoms with Gasteiger partial charge < -0.3 is 4.74 Å². The van der Waals surface area contributed by atoms with E-state index in [1.54, 1.807) is 42.5 Å². The summed E-state index contributed by atoms with van der Waals surface area (Å²) in [6, 6.07) is 19.6. The van der Waals surface area contributed by atoms with Crippen LogP contribution in [0.5, 0.6) is 0 Å². The number of fused-ring (bicyclic) bond motifs is 3. The van der Waals surface area contributed by atoms with Gasteiger partial charge in [-0.1, -0.05) is 77.8 Å². The Labute approximate surface area is 204 Å². The summed E-state index contributed by atoms with van der Waals surface area (Å²) >= 11 is 12.2. The number of ketones is 2. The van der Waals surface area contributed by atoms with Crippen LogP contribution < -0.4 is 4.90 Å². The van der Waals surface area contributed by atoms with Crippen LogP contribution in [0.4, 0.5) is 5.69 Å². The van der Waals surface area contributed by atoms with Crippen LogP contribution in [0.1, 0.15) is 32.4 Å². The van der Waals surface area contributed by atoms with E-state index < -0.39 is 46.9 Å². The predicted octanol–water partition coefficient (Wildman–Crippen LogP) is 4.69. The van der Waals surface area contributed by atoms with Crippen LogP contribution >= 0.6 is 23.2 Å². The maximum atomic E-state index is 13.8. The normalized spacial score (nSPS) is 24.8. The molecule has 2 amide bonds. The molecule has 0 unspecified atom stereocenters. The number of carbonyl (C=O) groups excluding carboxylic acids is 4. The standard InChI is InChI=1S/C26H15Cl2NO5/c27-17-11-10-14(12-18(17)28)29-24(32)19-20(25(29)33)26(34-21(19)13-6-2-1-3-7-13)22(30)15-8-4-5-9-16(15)23(26)31/h1-12,19-21H/t19-,20+,21+/m1/s1. The van der Waals surface area contributed by atoms with E-state index in [0.717, 1.165) is 4.90 Å². The van der Waals surface area contributed by atoms with Crippen molar-refractivity contribution >= 4 is 52.3 Å². The maximum Gasteiger partial charge on any atom is 0.241 e. The van der Waals surface area contributed by atoms with Gasteiger partial charge in [-0.3, -0.25) is 19.2 Å². The highest BCUT2D eigenvalue weighted by Crippen LogP contribution is 2.57. The van der Waals surface area contributed by atoms with Crippen LogP contribution in [0.15, 0.2) is 72.8 Å². The first-order chi connectivity index (χ1) is 16.4. The SMILES string of the molecule is O=C1[C@@H]2[C@@H](C(=O)N1c1ccc(Cl)c(Cl)c1)C1(O[C@H]2c2ccccc2)C(=O)c2ccccc2C1=O. The summed E-state index contributed by atoms with van der Waals surface area (Å²) in [5.74, 6) is -4.81. The third-order valence-electron chi connectivity index (χ3n) is 6.81. The van der Waals surface area contributed by atoms with Crippen molar-refractivity contribution in [2.24, 2.45) is 11.8 Å². The van der Waals surface area contributed by atoms with Crippen LogP contribution in [0.3, 0.4) is 0 Å². The number of imide groups is 1. The number of hydrogen-bond acceptors (Lipinski definition) is 5. The van der Waals surface area contributed by atoms with E-state index in [1.165, 1.54) is 30.3 Å². The molecule has 3 aromatic rings. The first-order valence-electron chi connectivity index (χ1n) is 10.6.